The first-order chi connectivity index (χ1) is 8.61. The maximum Gasteiger partial charge on any atom is 0.251 e. The molecule has 2 unspecified atom stereocenters. The second-order valence-electron chi connectivity index (χ2n) is 4.56. The van der Waals surface area contributed by atoms with Crippen molar-refractivity contribution in [3.8, 4) is 0 Å². The number of amides is 1. The number of H-pyrrole nitrogens is 1. The van der Waals surface area contributed by atoms with E-state index in [0.717, 1.165) is 11.0 Å². The first kappa shape index (κ1) is 12.6. The van der Waals surface area contributed by atoms with Gasteiger partial charge in [0.25, 0.3) is 5.91 Å². The topological polar surface area (TPSA) is 78.0 Å². The Morgan fingerprint density at radius 3 is 3.00 bits per heavy atom. The fourth-order valence-electron chi connectivity index (χ4n) is 1.67. The summed E-state index contributed by atoms with van der Waals surface area (Å²) >= 11 is 0. The van der Waals surface area contributed by atoms with Crippen LogP contribution in [0, 0.1) is 5.92 Å². The number of aliphatic hydroxyl groups excluding tert-OH is 1. The van der Waals surface area contributed by atoms with E-state index >= 15 is 0 Å². The molecule has 2 rings (SSSR count). The number of aromatic amines is 1. The number of nitrogens with one attached hydrogen (secondary N) is 2. The van der Waals surface area contributed by atoms with Gasteiger partial charge in [-0.25, -0.2) is 4.98 Å². The Hall–Kier alpha value is -1.88. The Morgan fingerprint density at radius 1 is 1.50 bits per heavy atom. The van der Waals surface area contributed by atoms with Crippen molar-refractivity contribution in [2.24, 2.45) is 5.92 Å². The van der Waals surface area contributed by atoms with E-state index in [2.05, 4.69) is 15.3 Å². The molecule has 3 N–H and O–H groups in total. The van der Waals surface area contributed by atoms with Crippen LogP contribution in [0.2, 0.25) is 0 Å². The molecule has 0 saturated heterocycles. The van der Waals surface area contributed by atoms with Crippen molar-refractivity contribution in [2.75, 3.05) is 6.61 Å². The van der Waals surface area contributed by atoms with E-state index in [1.165, 1.54) is 0 Å². The Balaban J connectivity index is 2.13. The molecule has 0 spiro atoms. The van der Waals surface area contributed by atoms with Crippen molar-refractivity contribution < 1.29 is 9.90 Å². The van der Waals surface area contributed by atoms with Crippen molar-refractivity contribution in [3.05, 3.63) is 30.1 Å². The van der Waals surface area contributed by atoms with Crippen molar-refractivity contribution >= 4 is 16.9 Å². The van der Waals surface area contributed by atoms with Gasteiger partial charge in [-0.3, -0.25) is 4.79 Å². The van der Waals surface area contributed by atoms with Gasteiger partial charge in [0.05, 0.1) is 17.4 Å². The Kier molecular flexibility index (Phi) is 3.62. The zero-order valence-corrected chi connectivity index (χ0v) is 10.5. The highest BCUT2D eigenvalue weighted by atomic mass is 16.3. The number of hydrogen-bond acceptors (Lipinski definition) is 3. The fourth-order valence-corrected chi connectivity index (χ4v) is 1.67. The van der Waals surface area contributed by atoms with Gasteiger partial charge in [0.15, 0.2) is 0 Å². The monoisotopic (exact) mass is 247 g/mol. The lowest BCUT2D eigenvalue weighted by atomic mass is 10.0. The Labute approximate surface area is 105 Å². The summed E-state index contributed by atoms with van der Waals surface area (Å²) in [5.41, 5.74) is 2.26. The van der Waals surface area contributed by atoms with Crippen molar-refractivity contribution in [1.82, 2.24) is 15.3 Å². The lowest BCUT2D eigenvalue weighted by molar-refractivity contribution is 0.0916. The SMILES string of the molecule is CC(CO)C(C)NC(=O)c1ccc2nc[nH]c2c1. The quantitative estimate of drug-likeness (QED) is 0.762. The molecule has 5 heteroatoms. The van der Waals surface area contributed by atoms with E-state index in [-0.39, 0.29) is 24.5 Å². The highest BCUT2D eigenvalue weighted by Gasteiger charge is 2.15. The van der Waals surface area contributed by atoms with Gasteiger partial charge >= 0.3 is 0 Å². The molecule has 2 aromatic rings. The summed E-state index contributed by atoms with van der Waals surface area (Å²) in [7, 11) is 0. The van der Waals surface area contributed by atoms with Crippen LogP contribution in [0.15, 0.2) is 24.5 Å². The minimum atomic E-state index is -0.140. The number of aliphatic hydroxyl groups is 1. The Bertz CT molecular complexity index is 550. The molecule has 5 nitrogen and oxygen atoms in total. The minimum Gasteiger partial charge on any atom is -0.396 e. The predicted molar refractivity (Wildman–Crippen MR) is 69.3 cm³/mol. The molecule has 18 heavy (non-hydrogen) atoms. The summed E-state index contributed by atoms with van der Waals surface area (Å²) in [6.07, 6.45) is 1.60. The molecular weight excluding hydrogens is 230 g/mol. The van der Waals surface area contributed by atoms with Crippen LogP contribution in [0.5, 0.6) is 0 Å². The number of carbonyl (C=O) groups excluding carboxylic acids is 1. The van der Waals surface area contributed by atoms with Gasteiger partial charge in [0.2, 0.25) is 0 Å². The third kappa shape index (κ3) is 2.51. The van der Waals surface area contributed by atoms with Crippen LogP contribution in [0.25, 0.3) is 11.0 Å². The van der Waals surface area contributed by atoms with Crippen LogP contribution in [-0.2, 0) is 0 Å². The van der Waals surface area contributed by atoms with E-state index in [9.17, 15) is 4.79 Å². The summed E-state index contributed by atoms with van der Waals surface area (Å²) in [5.74, 6) is -0.107. The molecule has 1 heterocycles. The number of imidazole rings is 1. The molecule has 0 aliphatic carbocycles. The van der Waals surface area contributed by atoms with Crippen molar-refractivity contribution in [3.63, 3.8) is 0 Å². The molecule has 2 atom stereocenters. The molecule has 0 aliphatic rings. The van der Waals surface area contributed by atoms with Gasteiger partial charge < -0.3 is 15.4 Å². The third-order valence-electron chi connectivity index (χ3n) is 3.18. The van der Waals surface area contributed by atoms with Gasteiger partial charge in [-0.2, -0.15) is 0 Å². The van der Waals surface area contributed by atoms with Crippen LogP contribution in [0.3, 0.4) is 0 Å². The summed E-state index contributed by atoms with van der Waals surface area (Å²) in [6, 6.07) is 5.25. The fraction of sp³-hybridized carbons (Fsp3) is 0.385. The van der Waals surface area contributed by atoms with Gasteiger partial charge in [-0.15, -0.1) is 0 Å². The normalized spacial score (nSPS) is 14.4. The zero-order chi connectivity index (χ0) is 13.1. The number of benzene rings is 1. The summed E-state index contributed by atoms with van der Waals surface area (Å²) < 4.78 is 0. The Morgan fingerprint density at radius 2 is 2.28 bits per heavy atom. The number of fused-ring (bicyclic) bond motifs is 1. The van der Waals surface area contributed by atoms with E-state index in [4.69, 9.17) is 5.11 Å². The number of aromatic nitrogens is 2. The molecule has 96 valence electrons. The zero-order valence-electron chi connectivity index (χ0n) is 10.5. The van der Waals surface area contributed by atoms with Gasteiger partial charge in [0.1, 0.15) is 0 Å². The smallest absolute Gasteiger partial charge is 0.251 e. The van der Waals surface area contributed by atoms with E-state index in [0.29, 0.717) is 5.56 Å². The summed E-state index contributed by atoms with van der Waals surface area (Å²) in [4.78, 5) is 19.1. The average Bonchev–Trinajstić information content (AvgIpc) is 2.84. The first-order valence-corrected chi connectivity index (χ1v) is 5.96. The van der Waals surface area contributed by atoms with E-state index in [1.54, 1.807) is 24.5 Å². The van der Waals surface area contributed by atoms with Crippen molar-refractivity contribution in [2.45, 2.75) is 19.9 Å². The molecule has 1 amide bonds. The largest absolute Gasteiger partial charge is 0.396 e. The maximum atomic E-state index is 12.0. The standard InChI is InChI=1S/C13H17N3O2/c1-8(6-17)9(2)16-13(18)10-3-4-11-12(5-10)15-7-14-11/h3-5,7-9,17H,6H2,1-2H3,(H,14,15)(H,16,18). The van der Waals surface area contributed by atoms with Gasteiger partial charge in [0, 0.05) is 18.2 Å². The molecule has 1 aromatic carbocycles. The maximum absolute atomic E-state index is 12.0. The molecule has 0 fully saturated rings. The minimum absolute atomic E-state index is 0.0323. The number of carbonyl (C=O) groups is 1. The number of rotatable bonds is 4. The lowest BCUT2D eigenvalue weighted by Crippen LogP contribution is -2.38. The van der Waals surface area contributed by atoms with Gasteiger partial charge in [-0.05, 0) is 31.0 Å². The molecule has 0 aliphatic heterocycles. The summed E-state index contributed by atoms with van der Waals surface area (Å²) in [5, 5.41) is 11.9. The second kappa shape index (κ2) is 5.18. The summed E-state index contributed by atoms with van der Waals surface area (Å²) in [6.45, 7) is 3.83. The highest BCUT2D eigenvalue weighted by molar-refractivity contribution is 5.97. The number of hydrogen-bond donors (Lipinski definition) is 3. The van der Waals surface area contributed by atoms with Crippen LogP contribution in [0.4, 0.5) is 0 Å². The van der Waals surface area contributed by atoms with E-state index < -0.39 is 0 Å². The molecule has 0 radical (unpaired) electrons. The van der Waals surface area contributed by atoms with Crippen LogP contribution < -0.4 is 5.32 Å². The molecule has 0 bridgehead atoms. The van der Waals surface area contributed by atoms with Crippen molar-refractivity contribution in [1.29, 1.82) is 0 Å². The lowest BCUT2D eigenvalue weighted by Gasteiger charge is -2.19. The third-order valence-corrected chi connectivity index (χ3v) is 3.18. The van der Waals surface area contributed by atoms with E-state index in [1.807, 2.05) is 13.8 Å². The molecule has 0 saturated carbocycles. The molecular formula is C13H17N3O2. The van der Waals surface area contributed by atoms with Crippen LogP contribution in [-0.4, -0.2) is 33.6 Å². The van der Waals surface area contributed by atoms with Crippen LogP contribution >= 0.6 is 0 Å². The first-order valence-electron chi connectivity index (χ1n) is 5.96. The average molecular weight is 247 g/mol. The number of nitrogens with zero attached hydrogens (tertiary/aromatic N) is 1. The van der Waals surface area contributed by atoms with Crippen LogP contribution in [0.1, 0.15) is 24.2 Å². The molecule has 1 aromatic heterocycles. The highest BCUT2D eigenvalue weighted by Crippen LogP contribution is 2.12. The second-order valence-corrected chi connectivity index (χ2v) is 4.56. The predicted octanol–water partition coefficient (Wildman–Crippen LogP) is 1.31. The van der Waals surface area contributed by atoms with Gasteiger partial charge in [-0.1, -0.05) is 6.92 Å².